The van der Waals surface area contributed by atoms with Gasteiger partial charge in [-0.2, -0.15) is 0 Å². The lowest BCUT2D eigenvalue weighted by Crippen LogP contribution is -2.61. The zero-order valence-electron chi connectivity index (χ0n) is 19.1. The number of aromatic hydroxyl groups is 2. The van der Waals surface area contributed by atoms with Crippen LogP contribution in [0.15, 0.2) is 30.0 Å². The molecule has 4 rings (SSSR count). The number of hydrogen-bond donors (Lipinski definition) is 7. The second kappa shape index (κ2) is 9.84. The number of fused-ring (bicyclic) bond motifs is 1. The number of hydrogen-bond acceptors (Lipinski definition) is 12. The highest BCUT2D eigenvalue weighted by Gasteiger charge is 2.56. The first kappa shape index (κ1) is 26.1. The summed E-state index contributed by atoms with van der Waals surface area (Å²) in [6.07, 6.45) is -7.73. The van der Waals surface area contributed by atoms with E-state index in [0.717, 1.165) is 18.4 Å². The van der Waals surface area contributed by atoms with Gasteiger partial charge in [-0.25, -0.2) is 9.59 Å². The van der Waals surface area contributed by atoms with Crippen LogP contribution >= 0.6 is 0 Å². The molecular formula is C23H28O13. The van der Waals surface area contributed by atoms with Crippen LogP contribution in [-0.2, 0) is 23.7 Å². The molecule has 3 aliphatic rings. The summed E-state index contributed by atoms with van der Waals surface area (Å²) in [5, 5.41) is 70.3. The number of ether oxygens (including phenoxy) is 4. The summed E-state index contributed by atoms with van der Waals surface area (Å²) >= 11 is 0. The van der Waals surface area contributed by atoms with Crippen molar-refractivity contribution in [1.82, 2.24) is 0 Å². The second-order valence-corrected chi connectivity index (χ2v) is 9.36. The van der Waals surface area contributed by atoms with Crippen molar-refractivity contribution in [3.63, 3.8) is 0 Å². The number of phenols is 2. The van der Waals surface area contributed by atoms with Crippen LogP contribution in [0, 0.1) is 11.8 Å². The molecule has 2 heterocycles. The summed E-state index contributed by atoms with van der Waals surface area (Å²) in [6, 6.07) is 3.26. The molecule has 36 heavy (non-hydrogen) atoms. The van der Waals surface area contributed by atoms with Gasteiger partial charge in [-0.15, -0.1) is 0 Å². The fourth-order valence-electron chi connectivity index (χ4n) is 4.89. The van der Waals surface area contributed by atoms with Gasteiger partial charge in [0.1, 0.15) is 31.0 Å². The summed E-state index contributed by atoms with van der Waals surface area (Å²) in [5.74, 6) is -4.52. The SMILES string of the molecule is C[C@]1(O)CC[C@@H]2C(C(=O)O)=CO[C@@H](O[C@@H]3O[C@H](COC(=O)c4ccc(O)c(O)c4)[C@@H](O)[C@H](O)[C@H]3O)[C@@H]21. The third-order valence-corrected chi connectivity index (χ3v) is 6.91. The number of aliphatic hydroxyl groups is 4. The van der Waals surface area contributed by atoms with Crippen molar-refractivity contribution in [3.05, 3.63) is 35.6 Å². The van der Waals surface area contributed by atoms with E-state index >= 15 is 0 Å². The van der Waals surface area contributed by atoms with Crippen molar-refractivity contribution in [2.75, 3.05) is 6.61 Å². The normalized spacial score (nSPS) is 38.0. The zero-order valence-corrected chi connectivity index (χ0v) is 19.1. The molecule has 1 aromatic rings. The molecule has 1 saturated heterocycles. The number of esters is 1. The standard InChI is InChI=1S/C23H28O13/c1-23(32)5-4-10-11(19(29)30)7-34-21(15(10)23)36-22-18(28)17(27)16(26)14(35-22)8-33-20(31)9-2-3-12(24)13(25)6-9/h2-3,6-7,10,14-18,21-22,24-28,32H,4-5,8H2,1H3,(H,29,30)/t10-,14-,15-,16-,17+,18-,21+,22+,23+/m1/s1. The fraction of sp³-hybridized carbons (Fsp3) is 0.565. The minimum atomic E-state index is -1.77. The third kappa shape index (κ3) is 4.85. The first-order valence-electron chi connectivity index (χ1n) is 11.3. The molecule has 0 bridgehead atoms. The molecule has 13 nitrogen and oxygen atoms in total. The summed E-state index contributed by atoms with van der Waals surface area (Å²) in [5.41, 5.74) is -1.48. The number of benzene rings is 1. The van der Waals surface area contributed by atoms with Gasteiger partial charge in [0.15, 0.2) is 17.8 Å². The molecule has 1 saturated carbocycles. The smallest absolute Gasteiger partial charge is 0.338 e. The Kier molecular flexibility index (Phi) is 7.14. The molecule has 0 radical (unpaired) electrons. The van der Waals surface area contributed by atoms with Crippen molar-refractivity contribution >= 4 is 11.9 Å². The quantitative estimate of drug-likeness (QED) is 0.184. The number of carbonyl (C=O) groups is 2. The average Bonchev–Trinajstić information content (AvgIpc) is 3.15. The van der Waals surface area contributed by atoms with Gasteiger partial charge >= 0.3 is 11.9 Å². The Hall–Kier alpha value is -2.94. The van der Waals surface area contributed by atoms with Crippen molar-refractivity contribution < 1.29 is 64.3 Å². The number of aliphatic carboxylic acids is 1. The maximum absolute atomic E-state index is 12.3. The molecule has 198 valence electrons. The van der Waals surface area contributed by atoms with Crippen molar-refractivity contribution in [3.8, 4) is 11.5 Å². The van der Waals surface area contributed by atoms with Crippen LogP contribution in [0.1, 0.15) is 30.1 Å². The summed E-state index contributed by atoms with van der Waals surface area (Å²) in [7, 11) is 0. The minimum Gasteiger partial charge on any atom is -0.504 e. The van der Waals surface area contributed by atoms with Gasteiger partial charge < -0.3 is 54.7 Å². The van der Waals surface area contributed by atoms with Crippen LogP contribution in [0.4, 0.5) is 0 Å². The molecule has 2 aliphatic heterocycles. The summed E-state index contributed by atoms with van der Waals surface area (Å²) in [4.78, 5) is 23.9. The van der Waals surface area contributed by atoms with E-state index < -0.39 is 84.5 Å². The van der Waals surface area contributed by atoms with Crippen molar-refractivity contribution in [2.45, 2.75) is 62.4 Å². The van der Waals surface area contributed by atoms with Crippen LogP contribution in [0.5, 0.6) is 11.5 Å². The first-order valence-corrected chi connectivity index (χ1v) is 11.3. The number of carboxylic acids is 1. The van der Waals surface area contributed by atoms with E-state index in [0.29, 0.717) is 6.42 Å². The maximum Gasteiger partial charge on any atom is 0.338 e. The highest BCUT2D eigenvalue weighted by molar-refractivity contribution is 5.90. The number of phenolic OH excluding ortho intramolecular Hbond substituents is 2. The average molecular weight is 512 g/mol. The van der Waals surface area contributed by atoms with Gasteiger partial charge in [-0.05, 0) is 38.0 Å². The molecule has 0 spiro atoms. The van der Waals surface area contributed by atoms with Crippen LogP contribution in [0.3, 0.4) is 0 Å². The van der Waals surface area contributed by atoms with Gasteiger partial charge in [0.2, 0.25) is 6.29 Å². The van der Waals surface area contributed by atoms with Gasteiger partial charge in [0, 0.05) is 5.92 Å². The molecular weight excluding hydrogens is 484 g/mol. The lowest BCUT2D eigenvalue weighted by molar-refractivity contribution is -0.346. The van der Waals surface area contributed by atoms with Gasteiger partial charge in [-0.1, -0.05) is 0 Å². The highest BCUT2D eigenvalue weighted by atomic mass is 16.8. The molecule has 1 aliphatic carbocycles. The molecule has 13 heteroatoms. The number of carbonyl (C=O) groups excluding carboxylic acids is 1. The van der Waals surface area contributed by atoms with E-state index in [-0.39, 0.29) is 17.6 Å². The predicted molar refractivity (Wildman–Crippen MR) is 115 cm³/mol. The van der Waals surface area contributed by atoms with E-state index in [1.54, 1.807) is 0 Å². The Morgan fingerprint density at radius 3 is 2.47 bits per heavy atom. The zero-order chi connectivity index (χ0) is 26.4. The van der Waals surface area contributed by atoms with E-state index in [4.69, 9.17) is 18.9 Å². The van der Waals surface area contributed by atoms with Gasteiger partial charge in [0.05, 0.1) is 28.9 Å². The largest absolute Gasteiger partial charge is 0.504 e. The highest BCUT2D eigenvalue weighted by Crippen LogP contribution is 2.49. The monoisotopic (exact) mass is 512 g/mol. The topological polar surface area (TPSA) is 213 Å². The first-order chi connectivity index (χ1) is 16.9. The summed E-state index contributed by atoms with van der Waals surface area (Å²) < 4.78 is 21.8. The third-order valence-electron chi connectivity index (χ3n) is 6.91. The molecule has 0 amide bonds. The van der Waals surface area contributed by atoms with E-state index in [9.17, 15) is 45.3 Å². The maximum atomic E-state index is 12.3. The van der Waals surface area contributed by atoms with Crippen LogP contribution in [0.2, 0.25) is 0 Å². The number of rotatable bonds is 6. The molecule has 1 aromatic carbocycles. The minimum absolute atomic E-state index is 0.0248. The second-order valence-electron chi connectivity index (χ2n) is 9.36. The lowest BCUT2D eigenvalue weighted by Gasteiger charge is -2.44. The van der Waals surface area contributed by atoms with Gasteiger partial charge in [0.25, 0.3) is 0 Å². The lowest BCUT2D eigenvalue weighted by atomic mass is 9.81. The Bertz CT molecular complexity index is 1040. The Labute approximate surface area is 204 Å². The Morgan fingerprint density at radius 1 is 1.08 bits per heavy atom. The van der Waals surface area contributed by atoms with Crippen LogP contribution in [0.25, 0.3) is 0 Å². The van der Waals surface area contributed by atoms with Crippen LogP contribution in [-0.4, -0.2) is 96.9 Å². The molecule has 2 fully saturated rings. The van der Waals surface area contributed by atoms with Crippen molar-refractivity contribution in [1.29, 1.82) is 0 Å². The van der Waals surface area contributed by atoms with Crippen molar-refractivity contribution in [2.24, 2.45) is 11.8 Å². The van der Waals surface area contributed by atoms with Gasteiger partial charge in [-0.3, -0.25) is 0 Å². The predicted octanol–water partition coefficient (Wildman–Crippen LogP) is -0.819. The molecule has 0 unspecified atom stereocenters. The molecule has 7 N–H and O–H groups in total. The van der Waals surface area contributed by atoms with E-state index in [2.05, 4.69) is 0 Å². The van der Waals surface area contributed by atoms with E-state index in [1.165, 1.54) is 13.0 Å². The summed E-state index contributed by atoms with van der Waals surface area (Å²) in [6.45, 7) is 0.936. The molecule has 0 aromatic heterocycles. The van der Waals surface area contributed by atoms with Crippen LogP contribution < -0.4 is 0 Å². The van der Waals surface area contributed by atoms with E-state index in [1.807, 2.05) is 0 Å². The molecule has 9 atom stereocenters. The Balaban J connectivity index is 1.46. The fourth-order valence-corrected chi connectivity index (χ4v) is 4.89. The number of aliphatic hydroxyl groups excluding tert-OH is 3. The number of carboxylic acid groups (broad SMARTS) is 1. The Morgan fingerprint density at radius 2 is 1.81 bits per heavy atom.